The van der Waals surface area contributed by atoms with E-state index in [0.29, 0.717) is 0 Å². The Morgan fingerprint density at radius 1 is 0.212 bits per heavy atom. The van der Waals surface area contributed by atoms with Crippen molar-refractivity contribution in [3.05, 3.63) is 321 Å². The summed E-state index contributed by atoms with van der Waals surface area (Å²) in [6.07, 6.45) is 0. The van der Waals surface area contributed by atoms with Crippen molar-refractivity contribution in [2.24, 2.45) is 0 Å². The van der Waals surface area contributed by atoms with Crippen LogP contribution in [-0.2, 0) is 10.8 Å². The second kappa shape index (κ2) is 20.8. The first kappa shape index (κ1) is 51.9. The van der Waals surface area contributed by atoms with E-state index in [4.69, 9.17) is 0 Å². The Labute approximate surface area is 474 Å². The molecule has 0 aromatic heterocycles. The minimum absolute atomic E-state index is 0.142. The van der Waals surface area contributed by atoms with Crippen molar-refractivity contribution in [2.75, 3.05) is 0 Å². The van der Waals surface area contributed by atoms with E-state index in [1.165, 1.54) is 154 Å². The molecule has 2 aliphatic carbocycles. The van der Waals surface area contributed by atoms with Crippen LogP contribution in [0, 0.1) is 55.4 Å². The second-order valence-electron chi connectivity index (χ2n) is 23.5. The SMILES string of the molecule is Cc1ccc2c(c1)C(C)(C)c1cc(C)ccc1-2.Cc1ccc2c(c1)C(c1ccccc1)(c1ccccc1)c1cc(C)ccc1-2.Cc1ccc2c(ccc3cc(C)ccc32)c1.Cc1ccc2c3ccc(C)cc3c3ccccc3c2c1. The third-order valence-electron chi connectivity index (χ3n) is 17.1. The van der Waals surface area contributed by atoms with E-state index in [-0.39, 0.29) is 10.8 Å². The topological polar surface area (TPSA) is 0 Å². The van der Waals surface area contributed by atoms with Crippen LogP contribution in [-0.4, -0.2) is 0 Å². The molecule has 0 radical (unpaired) electrons. The number of benzene rings is 13. The summed E-state index contributed by atoms with van der Waals surface area (Å²) in [4.78, 5) is 0. The molecule has 2 aliphatic rings. The summed E-state index contributed by atoms with van der Waals surface area (Å²) in [5.74, 6) is 0. The first-order chi connectivity index (χ1) is 38.7. The molecule has 390 valence electrons. The number of aryl methyl sites for hydroxylation is 8. The lowest BCUT2D eigenvalue weighted by Gasteiger charge is -2.34. The lowest BCUT2D eigenvalue weighted by atomic mass is 9.67. The minimum Gasteiger partial charge on any atom is -0.0622 e. The van der Waals surface area contributed by atoms with E-state index in [0.717, 1.165) is 0 Å². The fraction of sp³-hybridized carbons (Fsp3) is 0.150. The molecule has 0 heteroatoms. The molecule has 80 heavy (non-hydrogen) atoms. The summed E-state index contributed by atoms with van der Waals surface area (Å²) in [5, 5.41) is 13.5. The zero-order valence-electron chi connectivity index (χ0n) is 48.1. The van der Waals surface area contributed by atoms with Gasteiger partial charge in [-0.3, -0.25) is 0 Å². The van der Waals surface area contributed by atoms with Gasteiger partial charge < -0.3 is 0 Å². The highest BCUT2D eigenvalue weighted by molar-refractivity contribution is 6.25. The maximum atomic E-state index is 2.38. The van der Waals surface area contributed by atoms with Crippen LogP contribution >= 0.6 is 0 Å². The lowest BCUT2D eigenvalue weighted by molar-refractivity contribution is 0.659. The standard InChI is InChI=1S/C27H22.C20H16.C17H18.C16H14/c1-19-13-15-23-24-16-14-20(2)18-26(24)27(25(23)17-19,21-9-5-3-6-10-21)22-11-7-4-8-12-22;1-13-7-9-17-18-10-8-14(2)12-20(18)16-6-4-3-5-15(16)19(17)11-13;1-11-5-7-13-14-8-6-12(2)10-16(14)17(3,4)15(13)9-11;1-11-3-7-15-13(9-11)5-6-14-10-12(2)4-8-16(14)15/h3-18H,1-2H3;3-12H,1-2H3;5-10H,1-4H3;3-10H,1-2H3. The fourth-order valence-corrected chi connectivity index (χ4v) is 13.2. The number of hydrogen-bond acceptors (Lipinski definition) is 0. The molecule has 15 rings (SSSR count). The van der Waals surface area contributed by atoms with Crippen LogP contribution in [0.3, 0.4) is 0 Å². The molecule has 0 atom stereocenters. The quantitative estimate of drug-likeness (QED) is 0.151. The molecule has 0 nitrogen and oxygen atoms in total. The summed E-state index contributed by atoms with van der Waals surface area (Å²) >= 11 is 0. The van der Waals surface area contributed by atoms with Crippen LogP contribution in [0.2, 0.25) is 0 Å². The van der Waals surface area contributed by atoms with E-state index in [1.807, 2.05) is 0 Å². The average Bonchev–Trinajstić information content (AvgIpc) is 4.08. The van der Waals surface area contributed by atoms with Crippen molar-refractivity contribution in [3.63, 3.8) is 0 Å². The largest absolute Gasteiger partial charge is 0.0713 e. The van der Waals surface area contributed by atoms with Crippen molar-refractivity contribution in [2.45, 2.75) is 80.1 Å². The highest BCUT2D eigenvalue weighted by Crippen LogP contribution is 2.56. The summed E-state index contributed by atoms with van der Waals surface area (Å²) in [7, 11) is 0. The molecule has 0 saturated carbocycles. The highest BCUT2D eigenvalue weighted by atomic mass is 14.5. The molecule has 0 aliphatic heterocycles. The van der Waals surface area contributed by atoms with Gasteiger partial charge in [-0.05, 0) is 165 Å². The highest BCUT2D eigenvalue weighted by Gasteiger charge is 2.46. The molecule has 0 spiro atoms. The Kier molecular flexibility index (Phi) is 13.5. The number of fused-ring (bicyclic) bond motifs is 15. The van der Waals surface area contributed by atoms with Crippen LogP contribution in [0.15, 0.2) is 243 Å². The normalized spacial score (nSPS) is 13.1. The van der Waals surface area contributed by atoms with Crippen molar-refractivity contribution >= 4 is 53.9 Å². The Balaban J connectivity index is 0.000000109. The van der Waals surface area contributed by atoms with Gasteiger partial charge in [0, 0.05) is 5.41 Å². The smallest absolute Gasteiger partial charge is 0.0622 e. The Morgan fingerprint density at radius 3 is 0.863 bits per heavy atom. The number of hydrogen-bond donors (Lipinski definition) is 0. The van der Waals surface area contributed by atoms with E-state index in [1.54, 1.807) is 0 Å². The van der Waals surface area contributed by atoms with E-state index < -0.39 is 0 Å². The van der Waals surface area contributed by atoms with Gasteiger partial charge in [-0.25, -0.2) is 0 Å². The second-order valence-corrected chi connectivity index (χ2v) is 23.5. The van der Waals surface area contributed by atoms with Crippen LogP contribution in [0.1, 0.15) is 91.7 Å². The monoisotopic (exact) mass is 1030 g/mol. The van der Waals surface area contributed by atoms with Crippen LogP contribution < -0.4 is 0 Å². The van der Waals surface area contributed by atoms with Crippen molar-refractivity contribution in [1.29, 1.82) is 0 Å². The molecule has 0 bridgehead atoms. The molecule has 13 aromatic rings. The third kappa shape index (κ3) is 9.17. The predicted molar refractivity (Wildman–Crippen MR) is 346 cm³/mol. The zero-order chi connectivity index (χ0) is 55.5. The van der Waals surface area contributed by atoms with Crippen molar-refractivity contribution in [1.82, 2.24) is 0 Å². The first-order valence-corrected chi connectivity index (χ1v) is 28.5. The molecule has 0 fully saturated rings. The molecule has 0 saturated heterocycles. The van der Waals surface area contributed by atoms with Gasteiger partial charge in [0.2, 0.25) is 0 Å². The van der Waals surface area contributed by atoms with Gasteiger partial charge >= 0.3 is 0 Å². The molecule has 0 unspecified atom stereocenters. The first-order valence-electron chi connectivity index (χ1n) is 28.5. The summed E-state index contributed by atoms with van der Waals surface area (Å²) in [6.45, 7) is 22.0. The number of rotatable bonds is 2. The molecule has 0 N–H and O–H groups in total. The summed E-state index contributed by atoms with van der Waals surface area (Å²) in [5.41, 5.74) is 24.3. The Hall–Kier alpha value is -8.84. The van der Waals surface area contributed by atoms with Gasteiger partial charge in [0.1, 0.15) is 0 Å². The van der Waals surface area contributed by atoms with Gasteiger partial charge in [0.05, 0.1) is 5.41 Å². The molecular formula is C80H70. The predicted octanol–water partition coefficient (Wildman–Crippen LogP) is 21.6. The van der Waals surface area contributed by atoms with Gasteiger partial charge in [0.25, 0.3) is 0 Å². The van der Waals surface area contributed by atoms with Crippen molar-refractivity contribution < 1.29 is 0 Å². The minimum atomic E-state index is -0.273. The lowest BCUT2D eigenvalue weighted by Crippen LogP contribution is -2.28. The molecule has 0 heterocycles. The van der Waals surface area contributed by atoms with Crippen molar-refractivity contribution in [3.8, 4) is 22.3 Å². The summed E-state index contributed by atoms with van der Waals surface area (Å²) < 4.78 is 0. The molecule has 0 amide bonds. The molecular weight excluding hydrogens is 961 g/mol. The average molecular weight is 1030 g/mol. The van der Waals surface area contributed by atoms with Crippen LogP contribution in [0.25, 0.3) is 76.1 Å². The maximum Gasteiger partial charge on any atom is 0.0713 e. The Morgan fingerprint density at radius 2 is 0.487 bits per heavy atom. The van der Waals surface area contributed by atoms with E-state index >= 15 is 0 Å². The van der Waals surface area contributed by atoms with Gasteiger partial charge in [-0.15, -0.1) is 0 Å². The van der Waals surface area contributed by atoms with Crippen LogP contribution in [0.5, 0.6) is 0 Å². The molecule has 13 aromatic carbocycles. The van der Waals surface area contributed by atoms with Gasteiger partial charge in [-0.2, -0.15) is 0 Å². The van der Waals surface area contributed by atoms with Crippen LogP contribution in [0.4, 0.5) is 0 Å². The van der Waals surface area contributed by atoms with E-state index in [2.05, 4.69) is 312 Å². The maximum absolute atomic E-state index is 2.38. The van der Waals surface area contributed by atoms with E-state index in [9.17, 15) is 0 Å². The van der Waals surface area contributed by atoms with Gasteiger partial charge in [0.15, 0.2) is 0 Å². The Bertz CT molecular complexity index is 4200. The van der Waals surface area contributed by atoms with Gasteiger partial charge in [-0.1, -0.05) is 301 Å². The third-order valence-corrected chi connectivity index (χ3v) is 17.1. The zero-order valence-corrected chi connectivity index (χ0v) is 48.1. The summed E-state index contributed by atoms with van der Waals surface area (Å²) in [6, 6.07) is 89.4. The fourth-order valence-electron chi connectivity index (χ4n) is 13.2.